The lowest BCUT2D eigenvalue weighted by Crippen LogP contribution is -2.51. The first-order valence-electron chi connectivity index (χ1n) is 18.2. The van der Waals surface area contributed by atoms with Crippen LogP contribution in [-0.2, 0) is 9.53 Å². The van der Waals surface area contributed by atoms with Crippen molar-refractivity contribution in [1.29, 1.82) is 0 Å². The molecule has 0 spiro atoms. The van der Waals surface area contributed by atoms with Crippen molar-refractivity contribution in [2.45, 2.75) is 56.9 Å². The number of aromatic nitrogens is 3. The lowest BCUT2D eigenvalue weighted by molar-refractivity contribution is -0.274. The Morgan fingerprint density at radius 3 is 2.45 bits per heavy atom. The SMILES string of the molecule is COC(=O)N[C@H](C(=O)N1C[C@@H](SC)C[C@H]1c1nc(-c2ccc(-c3ccc(C(=O)Nc4ccc(N5CCNC[C@H]5C)nc4)cc3OC(F)(F)F)cc2)c[nH]1)C(C)C. The topological polar surface area (TPSA) is 154 Å². The third-order valence-electron chi connectivity index (χ3n) is 9.95. The van der Waals surface area contributed by atoms with E-state index in [2.05, 4.69) is 42.5 Å². The van der Waals surface area contributed by atoms with Crippen LogP contribution in [-0.4, -0.2) is 101 Å². The van der Waals surface area contributed by atoms with E-state index < -0.39 is 30.2 Å². The fourth-order valence-corrected chi connectivity index (χ4v) is 7.63. The van der Waals surface area contributed by atoms with Gasteiger partial charge in [0.25, 0.3) is 5.91 Å². The maximum atomic E-state index is 13.8. The number of halogens is 3. The highest BCUT2D eigenvalue weighted by Gasteiger charge is 2.41. The number of H-pyrrole nitrogens is 1. The molecular weight excluding hydrogens is 750 g/mol. The van der Waals surface area contributed by atoms with Gasteiger partial charge in [-0.1, -0.05) is 38.1 Å². The number of thioether (sulfide) groups is 1. The first-order valence-corrected chi connectivity index (χ1v) is 19.5. The number of alkyl carbamates (subject to hydrolysis) is 1. The van der Waals surface area contributed by atoms with Gasteiger partial charge >= 0.3 is 12.5 Å². The number of aromatic amines is 1. The molecule has 4 atom stereocenters. The van der Waals surface area contributed by atoms with Gasteiger partial charge in [0, 0.05) is 60.4 Å². The van der Waals surface area contributed by atoms with Crippen molar-refractivity contribution in [2.24, 2.45) is 5.92 Å². The van der Waals surface area contributed by atoms with Gasteiger partial charge in [-0.05, 0) is 61.4 Å². The number of piperazine rings is 1. The Morgan fingerprint density at radius 2 is 1.80 bits per heavy atom. The summed E-state index contributed by atoms with van der Waals surface area (Å²) in [4.78, 5) is 55.4. The number of amides is 3. The molecule has 4 heterocycles. The van der Waals surface area contributed by atoms with Crippen LogP contribution < -0.4 is 25.6 Å². The molecule has 2 fully saturated rings. The van der Waals surface area contributed by atoms with E-state index in [1.165, 1.54) is 25.4 Å². The van der Waals surface area contributed by atoms with Gasteiger partial charge in [-0.3, -0.25) is 9.59 Å². The number of hydrogen-bond donors (Lipinski definition) is 4. The Morgan fingerprint density at radius 1 is 1.05 bits per heavy atom. The minimum Gasteiger partial charge on any atom is -0.453 e. The number of alkyl halides is 3. The highest BCUT2D eigenvalue weighted by Crippen LogP contribution is 2.39. The fourth-order valence-electron chi connectivity index (χ4n) is 6.95. The quantitative estimate of drug-likeness (QED) is 0.133. The number of pyridine rings is 1. The van der Waals surface area contributed by atoms with E-state index in [9.17, 15) is 27.6 Å². The third kappa shape index (κ3) is 9.38. The van der Waals surface area contributed by atoms with Gasteiger partial charge in [0.05, 0.1) is 30.7 Å². The van der Waals surface area contributed by atoms with Crippen molar-refractivity contribution in [3.63, 3.8) is 0 Å². The minimum atomic E-state index is -5.01. The van der Waals surface area contributed by atoms with Gasteiger partial charge in [-0.2, -0.15) is 11.8 Å². The Kier molecular flexibility index (Phi) is 12.4. The van der Waals surface area contributed by atoms with Crippen LogP contribution >= 0.6 is 11.8 Å². The Labute approximate surface area is 327 Å². The predicted molar refractivity (Wildman–Crippen MR) is 209 cm³/mol. The Balaban J connectivity index is 1.19. The van der Waals surface area contributed by atoms with Crippen molar-refractivity contribution in [3.8, 4) is 28.1 Å². The molecule has 2 aliphatic heterocycles. The van der Waals surface area contributed by atoms with Crippen molar-refractivity contribution >= 4 is 41.2 Å². The average Bonchev–Trinajstić information content (AvgIpc) is 3.85. The summed E-state index contributed by atoms with van der Waals surface area (Å²) in [5, 5.41) is 8.85. The van der Waals surface area contributed by atoms with E-state index >= 15 is 0 Å². The molecule has 0 aliphatic carbocycles. The highest BCUT2D eigenvalue weighted by molar-refractivity contribution is 7.99. The monoisotopic (exact) mass is 794 g/mol. The Bertz CT molecular complexity index is 2010. The second-order valence-electron chi connectivity index (χ2n) is 14.1. The highest BCUT2D eigenvalue weighted by atomic mass is 32.2. The molecule has 4 N–H and O–H groups in total. The van der Waals surface area contributed by atoms with Crippen molar-refractivity contribution in [1.82, 2.24) is 30.5 Å². The van der Waals surface area contributed by atoms with Crippen molar-refractivity contribution in [2.75, 3.05) is 49.8 Å². The molecule has 0 radical (unpaired) electrons. The fraction of sp³-hybridized carbons (Fsp3) is 0.410. The summed E-state index contributed by atoms with van der Waals surface area (Å²) in [7, 11) is 1.25. The molecule has 13 nitrogen and oxygen atoms in total. The number of methoxy groups -OCH3 is 1. The molecule has 298 valence electrons. The molecule has 3 amide bonds. The molecule has 56 heavy (non-hydrogen) atoms. The van der Waals surface area contributed by atoms with Crippen LogP contribution in [0.5, 0.6) is 5.75 Å². The summed E-state index contributed by atoms with van der Waals surface area (Å²) in [6.45, 7) is 8.72. The molecule has 0 unspecified atom stereocenters. The van der Waals surface area contributed by atoms with Crippen LogP contribution in [0.4, 0.5) is 29.5 Å². The van der Waals surface area contributed by atoms with Crippen LogP contribution in [0.25, 0.3) is 22.4 Å². The molecule has 6 rings (SSSR count). The molecule has 0 saturated carbocycles. The molecule has 2 aromatic carbocycles. The van der Waals surface area contributed by atoms with Gasteiger partial charge in [0.1, 0.15) is 23.4 Å². The number of rotatable bonds is 11. The predicted octanol–water partition coefficient (Wildman–Crippen LogP) is 6.47. The molecule has 2 saturated heterocycles. The van der Waals surface area contributed by atoms with Crippen molar-refractivity contribution in [3.05, 3.63) is 78.4 Å². The third-order valence-corrected chi connectivity index (χ3v) is 11.0. The molecular formula is C39H45F3N8O5S. The summed E-state index contributed by atoms with van der Waals surface area (Å²) in [6, 6.07) is 13.3. The number of imidazole rings is 1. The van der Waals surface area contributed by atoms with E-state index in [1.807, 2.05) is 20.1 Å². The number of anilines is 2. The number of nitrogens with one attached hydrogen (secondary N) is 4. The van der Waals surface area contributed by atoms with Crippen molar-refractivity contribution < 1.29 is 37.0 Å². The van der Waals surface area contributed by atoms with E-state index in [-0.39, 0.29) is 40.3 Å². The van der Waals surface area contributed by atoms with E-state index in [0.717, 1.165) is 31.5 Å². The molecule has 2 aromatic heterocycles. The first-order chi connectivity index (χ1) is 26.7. The number of carbonyl (C=O) groups is 3. The molecule has 2 aliphatic rings. The summed E-state index contributed by atoms with van der Waals surface area (Å²) >= 11 is 1.65. The standard InChI is InChI=1S/C39H45F3N8O5S/c1-22(2)34(48-38(53)54-4)37(52)50-21-28(56-5)17-31(50)35-45-20-30(47-35)25-8-6-24(7-9-25)29-12-10-26(16-32(29)55-39(40,41)42)36(51)46-27-11-13-33(44-19-27)49-15-14-43-18-23(49)3/h6-13,16,19-20,22-23,28,31,34,43H,14-15,17-18,21H2,1-5H3,(H,45,47)(H,46,51)(H,48,53)/t23-,28+,31+,34+/m1/s1. The summed E-state index contributed by atoms with van der Waals surface area (Å²) in [5.41, 5.74) is 2.17. The van der Waals surface area contributed by atoms with E-state index in [4.69, 9.17) is 9.72 Å². The number of hydrogen-bond acceptors (Lipinski definition) is 10. The van der Waals surface area contributed by atoms with Crippen LogP contribution in [0.1, 0.15) is 49.4 Å². The van der Waals surface area contributed by atoms with E-state index in [1.54, 1.807) is 59.3 Å². The number of ether oxygens (including phenoxy) is 2. The zero-order valence-electron chi connectivity index (χ0n) is 31.6. The zero-order valence-corrected chi connectivity index (χ0v) is 32.5. The van der Waals surface area contributed by atoms with Crippen LogP contribution in [0.3, 0.4) is 0 Å². The van der Waals surface area contributed by atoms with Crippen LogP contribution in [0.2, 0.25) is 0 Å². The maximum absolute atomic E-state index is 13.8. The summed E-state index contributed by atoms with van der Waals surface area (Å²) in [5.74, 6) is -0.236. The second kappa shape index (κ2) is 17.2. The normalized spacial score (nSPS) is 19.1. The van der Waals surface area contributed by atoms with Crippen LogP contribution in [0, 0.1) is 5.92 Å². The number of benzene rings is 2. The van der Waals surface area contributed by atoms with Gasteiger partial charge in [0.2, 0.25) is 5.91 Å². The molecule has 17 heteroatoms. The molecule has 4 aromatic rings. The van der Waals surface area contributed by atoms with Gasteiger partial charge in [-0.25, -0.2) is 14.8 Å². The van der Waals surface area contributed by atoms with Gasteiger partial charge < -0.3 is 40.2 Å². The number of likely N-dealkylation sites (tertiary alicyclic amines) is 1. The molecule has 0 bridgehead atoms. The van der Waals surface area contributed by atoms with Crippen LogP contribution in [0.15, 0.2) is 67.0 Å². The van der Waals surface area contributed by atoms with Gasteiger partial charge in [-0.15, -0.1) is 13.2 Å². The second-order valence-corrected chi connectivity index (χ2v) is 15.2. The first kappa shape index (κ1) is 40.4. The van der Waals surface area contributed by atoms with E-state index in [0.29, 0.717) is 41.3 Å². The lowest BCUT2D eigenvalue weighted by atomic mass is 10.00. The average molecular weight is 795 g/mol. The zero-order chi connectivity index (χ0) is 40.1. The maximum Gasteiger partial charge on any atom is 0.573 e. The van der Waals surface area contributed by atoms with Gasteiger partial charge in [0.15, 0.2) is 0 Å². The smallest absolute Gasteiger partial charge is 0.453 e. The number of nitrogens with zero attached hydrogens (tertiary/aromatic N) is 4. The summed E-state index contributed by atoms with van der Waals surface area (Å²) in [6.07, 6.45) is 0.170. The Hall–Kier alpha value is -5.29. The largest absolute Gasteiger partial charge is 0.573 e. The lowest BCUT2D eigenvalue weighted by Gasteiger charge is -2.34. The number of carbonyl (C=O) groups excluding carboxylic acids is 3. The summed E-state index contributed by atoms with van der Waals surface area (Å²) < 4.78 is 50.1. The minimum absolute atomic E-state index is 0.0302.